The number of hydrogen-bond acceptors (Lipinski definition) is 4. The second kappa shape index (κ2) is 8.22. The Hall–Kier alpha value is -1.13. The number of nitrogens with zero attached hydrogens (tertiary/aromatic N) is 2. The molecule has 112 valence electrons. The summed E-state index contributed by atoms with van der Waals surface area (Å²) in [5.74, 6) is 1.68. The highest BCUT2D eigenvalue weighted by atomic mass is 16.3. The molecule has 2 heterocycles. The molecule has 1 saturated heterocycles. The quantitative estimate of drug-likeness (QED) is 0.804. The van der Waals surface area contributed by atoms with Crippen molar-refractivity contribution in [2.75, 3.05) is 31.6 Å². The zero-order valence-corrected chi connectivity index (χ0v) is 12.5. The average Bonchev–Trinajstić information content (AvgIpc) is 2.47. The molecule has 0 spiro atoms. The average molecular weight is 277 g/mol. The van der Waals surface area contributed by atoms with E-state index in [9.17, 15) is 0 Å². The van der Waals surface area contributed by atoms with E-state index in [-0.39, 0.29) is 0 Å². The van der Waals surface area contributed by atoms with Crippen LogP contribution in [-0.2, 0) is 6.54 Å². The summed E-state index contributed by atoms with van der Waals surface area (Å²) >= 11 is 0. The lowest BCUT2D eigenvalue weighted by Gasteiger charge is -2.32. The van der Waals surface area contributed by atoms with Gasteiger partial charge in [-0.25, -0.2) is 4.98 Å². The van der Waals surface area contributed by atoms with E-state index < -0.39 is 0 Å². The van der Waals surface area contributed by atoms with Crippen LogP contribution in [0.4, 0.5) is 5.82 Å². The van der Waals surface area contributed by atoms with Gasteiger partial charge in [-0.2, -0.15) is 0 Å². The number of nitrogens with one attached hydrogen (secondary N) is 1. The Morgan fingerprint density at radius 1 is 1.50 bits per heavy atom. The summed E-state index contributed by atoms with van der Waals surface area (Å²) < 4.78 is 0. The molecule has 4 heteroatoms. The van der Waals surface area contributed by atoms with Gasteiger partial charge >= 0.3 is 0 Å². The summed E-state index contributed by atoms with van der Waals surface area (Å²) in [5.41, 5.74) is 1.28. The van der Waals surface area contributed by atoms with Gasteiger partial charge in [0.05, 0.1) is 0 Å². The smallest absolute Gasteiger partial charge is 0.130 e. The number of rotatable bonds is 7. The van der Waals surface area contributed by atoms with Gasteiger partial charge in [-0.1, -0.05) is 13.0 Å². The number of aliphatic hydroxyl groups is 1. The predicted molar refractivity (Wildman–Crippen MR) is 82.7 cm³/mol. The first-order valence-corrected chi connectivity index (χ1v) is 7.84. The lowest BCUT2D eigenvalue weighted by atomic mass is 9.95. The normalized spacial score (nSPS) is 20.0. The van der Waals surface area contributed by atoms with Crippen molar-refractivity contribution in [3.8, 4) is 0 Å². The van der Waals surface area contributed by atoms with Crippen LogP contribution in [0.1, 0.15) is 38.2 Å². The maximum atomic E-state index is 9.10. The summed E-state index contributed by atoms with van der Waals surface area (Å²) in [6, 6.07) is 4.18. The zero-order valence-electron chi connectivity index (χ0n) is 12.5. The molecule has 0 aliphatic carbocycles. The van der Waals surface area contributed by atoms with E-state index in [0.717, 1.165) is 44.8 Å². The van der Waals surface area contributed by atoms with Gasteiger partial charge < -0.3 is 10.4 Å². The Morgan fingerprint density at radius 2 is 2.40 bits per heavy atom. The lowest BCUT2D eigenvalue weighted by molar-refractivity contribution is 0.142. The summed E-state index contributed by atoms with van der Waals surface area (Å²) in [6.07, 6.45) is 6.39. The van der Waals surface area contributed by atoms with Gasteiger partial charge in [-0.05, 0) is 44.2 Å². The van der Waals surface area contributed by atoms with Crippen LogP contribution < -0.4 is 5.32 Å². The van der Waals surface area contributed by atoms with Crippen molar-refractivity contribution in [2.45, 2.75) is 39.2 Å². The molecule has 0 aromatic carbocycles. The molecule has 0 saturated carbocycles. The van der Waals surface area contributed by atoms with Gasteiger partial charge in [0, 0.05) is 38.0 Å². The fourth-order valence-corrected chi connectivity index (χ4v) is 2.92. The Balaban J connectivity index is 1.94. The molecule has 1 aliphatic heterocycles. The number of aromatic nitrogens is 1. The molecule has 1 aromatic rings. The SMILES string of the molecule is CCCNc1ncccc1CN1CCCC(CCO)C1. The number of pyridine rings is 1. The molecule has 0 amide bonds. The summed E-state index contributed by atoms with van der Waals surface area (Å²) in [7, 11) is 0. The zero-order chi connectivity index (χ0) is 14.2. The molecule has 2 rings (SSSR count). The standard InChI is InChI=1S/C16H27N3O/c1-2-8-17-16-15(6-3-9-18-16)13-19-10-4-5-14(12-19)7-11-20/h3,6,9,14,20H,2,4-5,7-8,10-13H2,1H3,(H,17,18). The molecule has 1 fully saturated rings. The van der Waals surface area contributed by atoms with E-state index in [0.29, 0.717) is 12.5 Å². The predicted octanol–water partition coefficient (Wildman–Crippen LogP) is 2.50. The van der Waals surface area contributed by atoms with Crippen molar-refractivity contribution in [1.82, 2.24) is 9.88 Å². The Kier molecular flexibility index (Phi) is 6.27. The van der Waals surface area contributed by atoms with Crippen molar-refractivity contribution in [3.63, 3.8) is 0 Å². The molecule has 2 N–H and O–H groups in total. The van der Waals surface area contributed by atoms with Crippen LogP contribution in [0.25, 0.3) is 0 Å². The molecule has 1 atom stereocenters. The van der Waals surface area contributed by atoms with Crippen LogP contribution in [0.15, 0.2) is 18.3 Å². The lowest BCUT2D eigenvalue weighted by Crippen LogP contribution is -2.35. The number of anilines is 1. The Morgan fingerprint density at radius 3 is 3.20 bits per heavy atom. The molecule has 0 radical (unpaired) electrons. The van der Waals surface area contributed by atoms with Crippen LogP contribution in [0.3, 0.4) is 0 Å². The van der Waals surface area contributed by atoms with Crippen LogP contribution in [0, 0.1) is 5.92 Å². The van der Waals surface area contributed by atoms with Crippen LogP contribution in [0.2, 0.25) is 0 Å². The van der Waals surface area contributed by atoms with Crippen molar-refractivity contribution < 1.29 is 5.11 Å². The van der Waals surface area contributed by atoms with E-state index in [1.54, 1.807) is 0 Å². The highest BCUT2D eigenvalue weighted by molar-refractivity contribution is 5.43. The molecule has 1 unspecified atom stereocenters. The van der Waals surface area contributed by atoms with Crippen molar-refractivity contribution in [3.05, 3.63) is 23.9 Å². The maximum Gasteiger partial charge on any atom is 0.130 e. The van der Waals surface area contributed by atoms with Gasteiger partial charge in [0.15, 0.2) is 0 Å². The first-order chi connectivity index (χ1) is 9.83. The van der Waals surface area contributed by atoms with E-state index in [4.69, 9.17) is 5.11 Å². The monoisotopic (exact) mass is 277 g/mol. The van der Waals surface area contributed by atoms with E-state index in [1.165, 1.54) is 18.4 Å². The van der Waals surface area contributed by atoms with Crippen molar-refractivity contribution in [1.29, 1.82) is 0 Å². The number of piperidine rings is 1. The molecule has 0 bridgehead atoms. The minimum absolute atomic E-state index is 0.314. The fraction of sp³-hybridized carbons (Fsp3) is 0.688. The minimum Gasteiger partial charge on any atom is -0.396 e. The summed E-state index contributed by atoms with van der Waals surface area (Å²) in [6.45, 7) is 6.67. The second-order valence-electron chi connectivity index (χ2n) is 5.69. The van der Waals surface area contributed by atoms with Crippen LogP contribution >= 0.6 is 0 Å². The molecule has 1 aliphatic rings. The fourth-order valence-electron chi connectivity index (χ4n) is 2.92. The highest BCUT2D eigenvalue weighted by Gasteiger charge is 2.20. The van der Waals surface area contributed by atoms with Crippen molar-refractivity contribution >= 4 is 5.82 Å². The minimum atomic E-state index is 0.314. The third-order valence-corrected chi connectivity index (χ3v) is 3.97. The number of likely N-dealkylation sites (tertiary alicyclic amines) is 1. The number of hydrogen-bond donors (Lipinski definition) is 2. The third-order valence-electron chi connectivity index (χ3n) is 3.97. The van der Waals surface area contributed by atoms with Gasteiger partial charge in [0.25, 0.3) is 0 Å². The van der Waals surface area contributed by atoms with E-state index in [2.05, 4.69) is 28.2 Å². The van der Waals surface area contributed by atoms with Crippen molar-refractivity contribution in [2.24, 2.45) is 5.92 Å². The molecule has 4 nitrogen and oxygen atoms in total. The van der Waals surface area contributed by atoms with E-state index >= 15 is 0 Å². The van der Waals surface area contributed by atoms with Gasteiger partial charge in [0.2, 0.25) is 0 Å². The third kappa shape index (κ3) is 4.46. The largest absolute Gasteiger partial charge is 0.396 e. The Bertz CT molecular complexity index is 395. The summed E-state index contributed by atoms with van der Waals surface area (Å²) in [5, 5.41) is 12.5. The maximum absolute atomic E-state index is 9.10. The Labute approximate surface area is 122 Å². The van der Waals surface area contributed by atoms with E-state index in [1.807, 2.05) is 12.3 Å². The van der Waals surface area contributed by atoms with Gasteiger partial charge in [0.1, 0.15) is 5.82 Å². The second-order valence-corrected chi connectivity index (χ2v) is 5.69. The molecule has 20 heavy (non-hydrogen) atoms. The van der Waals surface area contributed by atoms with Crippen LogP contribution in [0.5, 0.6) is 0 Å². The first kappa shape index (κ1) is 15.3. The van der Waals surface area contributed by atoms with Gasteiger partial charge in [-0.3, -0.25) is 4.90 Å². The number of aliphatic hydroxyl groups excluding tert-OH is 1. The molecular formula is C16H27N3O. The highest BCUT2D eigenvalue weighted by Crippen LogP contribution is 2.22. The topological polar surface area (TPSA) is 48.4 Å². The first-order valence-electron chi connectivity index (χ1n) is 7.84. The molecular weight excluding hydrogens is 250 g/mol. The van der Waals surface area contributed by atoms with Crippen LogP contribution in [-0.4, -0.2) is 41.2 Å². The van der Waals surface area contributed by atoms with Gasteiger partial charge in [-0.15, -0.1) is 0 Å². The molecule has 1 aromatic heterocycles. The summed E-state index contributed by atoms with van der Waals surface area (Å²) in [4.78, 5) is 6.96.